The predicted molar refractivity (Wildman–Crippen MR) is 63.0 cm³/mol. The second kappa shape index (κ2) is 6.05. The Morgan fingerprint density at radius 1 is 1.29 bits per heavy atom. The van der Waals surface area contributed by atoms with E-state index in [1.165, 1.54) is 0 Å². The van der Waals surface area contributed by atoms with Crippen LogP contribution in [-0.4, -0.2) is 42.8 Å². The van der Waals surface area contributed by atoms with Crippen LogP contribution in [0.1, 0.15) is 33.6 Å². The van der Waals surface area contributed by atoms with Crippen LogP contribution >= 0.6 is 0 Å². The molecule has 0 bridgehead atoms. The smallest absolute Gasteiger partial charge is 0.317 e. The van der Waals surface area contributed by atoms with Crippen molar-refractivity contribution in [1.29, 1.82) is 0 Å². The lowest BCUT2D eigenvalue weighted by atomic mass is 10.0. The van der Waals surface area contributed by atoms with Gasteiger partial charge in [0.25, 0.3) is 0 Å². The first-order valence-corrected chi connectivity index (χ1v) is 6.38. The first kappa shape index (κ1) is 14.8. The molecule has 0 aliphatic heterocycles. The van der Waals surface area contributed by atoms with Crippen molar-refractivity contribution in [3.8, 4) is 0 Å². The molecule has 5 heteroatoms. The maximum atomic E-state index is 12.5. The predicted octanol–water partition coefficient (Wildman–Crippen LogP) is 2.65. The molecule has 1 fully saturated rings. The van der Waals surface area contributed by atoms with Gasteiger partial charge >= 0.3 is 6.18 Å². The Bertz CT molecular complexity index is 226. The largest absolute Gasteiger partial charge is 0.401 e. The Morgan fingerprint density at radius 2 is 1.88 bits per heavy atom. The minimum atomic E-state index is -4.09. The highest BCUT2D eigenvalue weighted by Gasteiger charge is 2.41. The van der Waals surface area contributed by atoms with Crippen LogP contribution in [0.5, 0.6) is 0 Å². The van der Waals surface area contributed by atoms with Gasteiger partial charge in [-0.3, -0.25) is 4.90 Å². The molecule has 0 spiro atoms. The van der Waals surface area contributed by atoms with E-state index in [2.05, 4.69) is 5.32 Å². The highest BCUT2D eigenvalue weighted by molar-refractivity contribution is 4.90. The molecule has 2 unspecified atom stereocenters. The maximum absolute atomic E-state index is 12.5. The molecular formula is C12H23F3N2. The van der Waals surface area contributed by atoms with Crippen LogP contribution in [0.25, 0.3) is 0 Å². The van der Waals surface area contributed by atoms with Gasteiger partial charge in [-0.25, -0.2) is 0 Å². The van der Waals surface area contributed by atoms with Gasteiger partial charge in [-0.1, -0.05) is 13.8 Å². The quantitative estimate of drug-likeness (QED) is 0.749. The standard InChI is InChI=1S/C12H23F3N2/c1-4-16-7-9(2)10(3)17(11-5-6-11)8-12(13,14)15/h9-11,16H,4-8H2,1-3H3. The van der Waals surface area contributed by atoms with Gasteiger partial charge in [0.15, 0.2) is 0 Å². The monoisotopic (exact) mass is 252 g/mol. The Hall–Kier alpha value is -0.290. The van der Waals surface area contributed by atoms with E-state index in [-0.39, 0.29) is 18.0 Å². The van der Waals surface area contributed by atoms with Gasteiger partial charge in [-0.2, -0.15) is 13.2 Å². The molecule has 1 rings (SSSR count). The number of hydrogen-bond donors (Lipinski definition) is 1. The topological polar surface area (TPSA) is 15.3 Å². The second-order valence-corrected chi connectivity index (χ2v) is 5.04. The van der Waals surface area contributed by atoms with E-state index in [1.807, 2.05) is 20.8 Å². The molecule has 17 heavy (non-hydrogen) atoms. The summed E-state index contributed by atoms with van der Waals surface area (Å²) in [4.78, 5) is 1.63. The van der Waals surface area contributed by atoms with Crippen molar-refractivity contribution in [1.82, 2.24) is 10.2 Å². The summed E-state index contributed by atoms with van der Waals surface area (Å²) in [6.45, 7) is 6.80. The summed E-state index contributed by atoms with van der Waals surface area (Å²) in [6, 6.07) is 0.124. The average Bonchev–Trinajstić information content (AvgIpc) is 3.04. The molecule has 2 nitrogen and oxygen atoms in total. The number of nitrogens with one attached hydrogen (secondary N) is 1. The van der Waals surface area contributed by atoms with E-state index in [1.54, 1.807) is 4.90 Å². The molecule has 2 atom stereocenters. The molecule has 1 aliphatic rings. The molecule has 0 radical (unpaired) electrons. The Labute approximate surface area is 102 Å². The zero-order valence-corrected chi connectivity index (χ0v) is 10.8. The minimum absolute atomic E-state index is 0.0248. The number of rotatable bonds is 7. The minimum Gasteiger partial charge on any atom is -0.317 e. The summed E-state index contributed by atoms with van der Waals surface area (Å²) in [5.41, 5.74) is 0. The van der Waals surface area contributed by atoms with Crippen molar-refractivity contribution in [3.63, 3.8) is 0 Å². The highest BCUT2D eigenvalue weighted by atomic mass is 19.4. The summed E-state index contributed by atoms with van der Waals surface area (Å²) in [5, 5.41) is 3.20. The fraction of sp³-hybridized carbons (Fsp3) is 1.00. The third-order valence-electron chi connectivity index (χ3n) is 3.44. The van der Waals surface area contributed by atoms with Gasteiger partial charge < -0.3 is 5.32 Å². The van der Waals surface area contributed by atoms with E-state index >= 15 is 0 Å². The van der Waals surface area contributed by atoms with Crippen LogP contribution < -0.4 is 5.32 Å². The second-order valence-electron chi connectivity index (χ2n) is 5.04. The molecule has 0 aromatic carbocycles. The molecule has 0 aromatic heterocycles. The summed E-state index contributed by atoms with van der Waals surface area (Å²) < 4.78 is 37.5. The van der Waals surface area contributed by atoms with Gasteiger partial charge in [-0.05, 0) is 38.8 Å². The van der Waals surface area contributed by atoms with Crippen LogP contribution in [0.2, 0.25) is 0 Å². The molecule has 0 aromatic rings. The van der Waals surface area contributed by atoms with E-state index in [4.69, 9.17) is 0 Å². The van der Waals surface area contributed by atoms with Crippen molar-refractivity contribution in [3.05, 3.63) is 0 Å². The third kappa shape index (κ3) is 5.25. The summed E-state index contributed by atoms with van der Waals surface area (Å²) in [7, 11) is 0. The lowest BCUT2D eigenvalue weighted by molar-refractivity contribution is -0.153. The summed E-state index contributed by atoms with van der Waals surface area (Å²) in [6.07, 6.45) is -2.27. The number of alkyl halides is 3. The van der Waals surface area contributed by atoms with Crippen molar-refractivity contribution in [2.45, 2.75) is 51.9 Å². The van der Waals surface area contributed by atoms with Crippen molar-refractivity contribution in [2.75, 3.05) is 19.6 Å². The van der Waals surface area contributed by atoms with Gasteiger partial charge in [0.1, 0.15) is 0 Å². The summed E-state index contributed by atoms with van der Waals surface area (Å²) in [5.74, 6) is 0.234. The van der Waals surface area contributed by atoms with Crippen LogP contribution in [-0.2, 0) is 0 Å². The normalized spacial score (nSPS) is 20.6. The molecular weight excluding hydrogens is 229 g/mol. The number of hydrogen-bond acceptors (Lipinski definition) is 2. The maximum Gasteiger partial charge on any atom is 0.401 e. The lowest BCUT2D eigenvalue weighted by Gasteiger charge is -2.34. The van der Waals surface area contributed by atoms with E-state index < -0.39 is 12.7 Å². The van der Waals surface area contributed by atoms with Gasteiger partial charge in [-0.15, -0.1) is 0 Å². The lowest BCUT2D eigenvalue weighted by Crippen LogP contribution is -2.46. The average molecular weight is 252 g/mol. The van der Waals surface area contributed by atoms with Crippen LogP contribution in [0.3, 0.4) is 0 Å². The first-order chi connectivity index (χ1) is 7.85. The molecule has 1 aliphatic carbocycles. The van der Waals surface area contributed by atoms with Crippen LogP contribution in [0.15, 0.2) is 0 Å². The summed E-state index contributed by atoms with van der Waals surface area (Å²) >= 11 is 0. The molecule has 1 N–H and O–H groups in total. The molecule has 0 saturated heterocycles. The van der Waals surface area contributed by atoms with Crippen molar-refractivity contribution < 1.29 is 13.2 Å². The Morgan fingerprint density at radius 3 is 2.29 bits per heavy atom. The fourth-order valence-corrected chi connectivity index (χ4v) is 2.09. The van der Waals surface area contributed by atoms with Crippen molar-refractivity contribution in [2.24, 2.45) is 5.92 Å². The zero-order chi connectivity index (χ0) is 13.1. The molecule has 1 saturated carbocycles. The molecule has 0 amide bonds. The van der Waals surface area contributed by atoms with Crippen LogP contribution in [0, 0.1) is 5.92 Å². The number of nitrogens with zero attached hydrogens (tertiary/aromatic N) is 1. The van der Waals surface area contributed by atoms with E-state index in [0.717, 1.165) is 25.9 Å². The molecule has 102 valence electrons. The fourth-order valence-electron chi connectivity index (χ4n) is 2.09. The number of halogens is 3. The third-order valence-corrected chi connectivity index (χ3v) is 3.44. The highest BCUT2D eigenvalue weighted by Crippen LogP contribution is 2.33. The van der Waals surface area contributed by atoms with Gasteiger partial charge in [0.05, 0.1) is 6.54 Å². The Balaban J connectivity index is 2.51. The Kier molecular flexibility index (Phi) is 5.25. The van der Waals surface area contributed by atoms with E-state index in [0.29, 0.717) is 0 Å². The van der Waals surface area contributed by atoms with Crippen molar-refractivity contribution >= 4 is 0 Å². The van der Waals surface area contributed by atoms with Crippen LogP contribution in [0.4, 0.5) is 13.2 Å². The van der Waals surface area contributed by atoms with E-state index in [9.17, 15) is 13.2 Å². The SMILES string of the molecule is CCNCC(C)C(C)N(CC(F)(F)F)C1CC1. The first-order valence-electron chi connectivity index (χ1n) is 6.38. The zero-order valence-electron chi connectivity index (χ0n) is 10.8. The van der Waals surface area contributed by atoms with Gasteiger partial charge in [0.2, 0.25) is 0 Å². The molecule has 0 heterocycles. The van der Waals surface area contributed by atoms with Gasteiger partial charge in [0, 0.05) is 12.1 Å².